The minimum Gasteiger partial charge on any atom is -0.478 e. The summed E-state index contributed by atoms with van der Waals surface area (Å²) in [5.74, 6) is -0.548. The van der Waals surface area contributed by atoms with E-state index < -0.39 is 5.97 Å². The van der Waals surface area contributed by atoms with Gasteiger partial charge in [-0.1, -0.05) is 22.9 Å². The van der Waals surface area contributed by atoms with Crippen molar-refractivity contribution >= 4 is 33.6 Å². The van der Waals surface area contributed by atoms with E-state index in [1.807, 2.05) is 11.8 Å². The van der Waals surface area contributed by atoms with Gasteiger partial charge < -0.3 is 15.3 Å². The fourth-order valence-electron chi connectivity index (χ4n) is 2.60. The van der Waals surface area contributed by atoms with Gasteiger partial charge in [0, 0.05) is 22.7 Å². The molecule has 1 saturated heterocycles. The van der Waals surface area contributed by atoms with Crippen LogP contribution in [0.4, 0.5) is 10.5 Å². The van der Waals surface area contributed by atoms with Crippen LogP contribution in [0.1, 0.15) is 37.0 Å². The third-order valence-corrected chi connectivity index (χ3v) is 4.49. The number of halogens is 1. The van der Waals surface area contributed by atoms with Crippen molar-refractivity contribution in [3.8, 4) is 0 Å². The van der Waals surface area contributed by atoms with E-state index in [-0.39, 0.29) is 17.6 Å². The Balaban J connectivity index is 2.14. The molecule has 0 aromatic heterocycles. The number of likely N-dealkylation sites (tertiary alicyclic amines) is 1. The molecule has 2 unspecified atom stereocenters. The highest BCUT2D eigenvalue weighted by Crippen LogP contribution is 2.25. The first-order valence-corrected chi connectivity index (χ1v) is 7.79. The molecule has 0 saturated carbocycles. The molecular formula is C15H19BrN2O3. The average molecular weight is 355 g/mol. The molecule has 1 aromatic carbocycles. The van der Waals surface area contributed by atoms with Crippen LogP contribution in [0.25, 0.3) is 0 Å². The third kappa shape index (κ3) is 3.75. The molecule has 1 aliphatic rings. The summed E-state index contributed by atoms with van der Waals surface area (Å²) in [6, 6.07) is 4.67. The van der Waals surface area contributed by atoms with Crippen LogP contribution >= 0.6 is 15.9 Å². The molecule has 1 heterocycles. The summed E-state index contributed by atoms with van der Waals surface area (Å²) < 4.78 is 0.623. The van der Waals surface area contributed by atoms with Gasteiger partial charge >= 0.3 is 12.0 Å². The van der Waals surface area contributed by atoms with Crippen molar-refractivity contribution in [3.05, 3.63) is 28.2 Å². The molecule has 0 aliphatic carbocycles. The summed E-state index contributed by atoms with van der Waals surface area (Å²) in [4.78, 5) is 25.2. The zero-order chi connectivity index (χ0) is 15.6. The zero-order valence-electron chi connectivity index (χ0n) is 12.1. The lowest BCUT2D eigenvalue weighted by Gasteiger charge is -2.37. The second-order valence-corrected chi connectivity index (χ2v) is 6.43. The molecule has 0 radical (unpaired) electrons. The van der Waals surface area contributed by atoms with Crippen LogP contribution in [0.5, 0.6) is 0 Å². The quantitative estimate of drug-likeness (QED) is 0.848. The molecular weight excluding hydrogens is 336 g/mol. The summed E-state index contributed by atoms with van der Waals surface area (Å²) in [5.41, 5.74) is 0.622. The maximum Gasteiger partial charge on any atom is 0.335 e. The first-order chi connectivity index (χ1) is 9.88. The Morgan fingerprint density at radius 2 is 2.05 bits per heavy atom. The van der Waals surface area contributed by atoms with Crippen molar-refractivity contribution in [2.75, 3.05) is 11.9 Å². The summed E-state index contributed by atoms with van der Waals surface area (Å²) in [7, 11) is 0. The fraction of sp³-hybridized carbons (Fsp3) is 0.467. The topological polar surface area (TPSA) is 69.6 Å². The largest absolute Gasteiger partial charge is 0.478 e. The van der Waals surface area contributed by atoms with E-state index in [0.29, 0.717) is 16.1 Å². The number of hydrogen-bond donors (Lipinski definition) is 2. The monoisotopic (exact) mass is 354 g/mol. The lowest BCUT2D eigenvalue weighted by Crippen LogP contribution is -2.47. The molecule has 1 aromatic rings. The van der Waals surface area contributed by atoms with Crippen LogP contribution in [0.3, 0.4) is 0 Å². The number of nitrogens with zero attached hydrogens (tertiary/aromatic N) is 1. The van der Waals surface area contributed by atoms with Gasteiger partial charge in [-0.2, -0.15) is 0 Å². The molecule has 21 heavy (non-hydrogen) atoms. The van der Waals surface area contributed by atoms with Crippen molar-refractivity contribution in [3.63, 3.8) is 0 Å². The number of piperidine rings is 1. The van der Waals surface area contributed by atoms with Gasteiger partial charge in [-0.15, -0.1) is 0 Å². The number of anilines is 1. The number of hydrogen-bond acceptors (Lipinski definition) is 2. The van der Waals surface area contributed by atoms with Gasteiger partial charge in [0.2, 0.25) is 0 Å². The van der Waals surface area contributed by atoms with Gasteiger partial charge in [-0.3, -0.25) is 0 Å². The molecule has 1 aliphatic heterocycles. The Bertz CT molecular complexity index is 562. The predicted octanol–water partition coefficient (Wildman–Crippen LogP) is 3.80. The fourth-order valence-corrected chi connectivity index (χ4v) is 3.10. The molecule has 6 heteroatoms. The van der Waals surface area contributed by atoms with Gasteiger partial charge in [0.15, 0.2) is 0 Å². The standard InChI is InChI=1S/C15H19BrN2O3/c1-9-4-3-5-18(10(9)2)15(21)17-13-7-11(14(19)20)6-12(16)8-13/h6-10H,3-5H2,1-2H3,(H,17,21)(H,19,20). The molecule has 2 rings (SSSR count). The van der Waals surface area contributed by atoms with Crippen molar-refractivity contribution in [1.82, 2.24) is 4.90 Å². The number of urea groups is 1. The minimum absolute atomic E-state index is 0.139. The highest BCUT2D eigenvalue weighted by Gasteiger charge is 2.28. The number of benzene rings is 1. The van der Waals surface area contributed by atoms with E-state index in [1.165, 1.54) is 12.1 Å². The summed E-state index contributed by atoms with van der Waals surface area (Å²) in [6.45, 7) is 4.93. The highest BCUT2D eigenvalue weighted by molar-refractivity contribution is 9.10. The zero-order valence-corrected chi connectivity index (χ0v) is 13.7. The van der Waals surface area contributed by atoms with Crippen LogP contribution in [0, 0.1) is 5.92 Å². The summed E-state index contributed by atoms with van der Waals surface area (Å²) in [5, 5.41) is 11.8. The Labute approximate surface area is 132 Å². The van der Waals surface area contributed by atoms with Gasteiger partial charge in [0.1, 0.15) is 0 Å². The van der Waals surface area contributed by atoms with E-state index >= 15 is 0 Å². The number of carboxylic acids is 1. The van der Waals surface area contributed by atoms with Gasteiger partial charge in [0.05, 0.1) is 5.56 Å². The van der Waals surface area contributed by atoms with Gasteiger partial charge in [-0.25, -0.2) is 9.59 Å². The Morgan fingerprint density at radius 3 is 2.71 bits per heavy atom. The molecule has 2 N–H and O–H groups in total. The van der Waals surface area contributed by atoms with Gasteiger partial charge in [0.25, 0.3) is 0 Å². The number of carboxylic acid groups (broad SMARTS) is 1. The SMILES string of the molecule is CC1CCCN(C(=O)Nc2cc(Br)cc(C(=O)O)c2)C1C. The smallest absolute Gasteiger partial charge is 0.335 e. The maximum absolute atomic E-state index is 12.4. The Kier molecular flexibility index (Phi) is 4.88. The highest BCUT2D eigenvalue weighted by atomic mass is 79.9. The van der Waals surface area contributed by atoms with Crippen molar-refractivity contribution in [2.45, 2.75) is 32.7 Å². The molecule has 114 valence electrons. The van der Waals surface area contributed by atoms with Crippen LogP contribution in [0.15, 0.2) is 22.7 Å². The molecule has 2 amide bonds. The molecule has 2 atom stereocenters. The molecule has 0 bridgehead atoms. The van der Waals surface area contributed by atoms with E-state index in [1.54, 1.807) is 6.07 Å². The van der Waals surface area contributed by atoms with Crippen molar-refractivity contribution < 1.29 is 14.7 Å². The second kappa shape index (κ2) is 6.47. The van der Waals surface area contributed by atoms with Crippen LogP contribution < -0.4 is 5.32 Å². The predicted molar refractivity (Wildman–Crippen MR) is 84.7 cm³/mol. The van der Waals surface area contributed by atoms with E-state index in [9.17, 15) is 9.59 Å². The van der Waals surface area contributed by atoms with E-state index in [2.05, 4.69) is 28.2 Å². The number of carbonyl (C=O) groups excluding carboxylic acids is 1. The Morgan fingerprint density at radius 1 is 1.33 bits per heavy atom. The minimum atomic E-state index is -1.02. The van der Waals surface area contributed by atoms with Crippen LogP contribution in [0.2, 0.25) is 0 Å². The average Bonchev–Trinajstić information content (AvgIpc) is 2.41. The number of rotatable bonds is 2. The second-order valence-electron chi connectivity index (χ2n) is 5.52. The van der Waals surface area contributed by atoms with Crippen LogP contribution in [-0.2, 0) is 0 Å². The van der Waals surface area contributed by atoms with Crippen molar-refractivity contribution in [2.24, 2.45) is 5.92 Å². The maximum atomic E-state index is 12.4. The lowest BCUT2D eigenvalue weighted by atomic mass is 9.92. The molecule has 1 fully saturated rings. The van der Waals surface area contributed by atoms with E-state index in [0.717, 1.165) is 19.4 Å². The Hall–Kier alpha value is -1.56. The third-order valence-electron chi connectivity index (χ3n) is 4.03. The summed E-state index contributed by atoms with van der Waals surface area (Å²) >= 11 is 3.26. The first kappa shape index (κ1) is 15.8. The van der Waals surface area contributed by atoms with E-state index in [4.69, 9.17) is 5.11 Å². The normalized spacial score (nSPS) is 22.0. The molecule has 0 spiro atoms. The molecule has 5 nitrogen and oxygen atoms in total. The number of amides is 2. The number of aromatic carboxylic acids is 1. The van der Waals surface area contributed by atoms with Gasteiger partial charge in [-0.05, 0) is 43.9 Å². The first-order valence-electron chi connectivity index (χ1n) is 7.00. The van der Waals surface area contributed by atoms with Crippen LogP contribution in [-0.4, -0.2) is 34.6 Å². The number of nitrogens with one attached hydrogen (secondary N) is 1. The number of carbonyl (C=O) groups is 2. The van der Waals surface area contributed by atoms with Crippen molar-refractivity contribution in [1.29, 1.82) is 0 Å². The lowest BCUT2D eigenvalue weighted by molar-refractivity contribution is 0.0696. The summed E-state index contributed by atoms with van der Waals surface area (Å²) in [6.07, 6.45) is 2.13.